The van der Waals surface area contributed by atoms with E-state index in [9.17, 15) is 4.79 Å². The Balaban J connectivity index is 1.31. The van der Waals surface area contributed by atoms with Crippen LogP contribution in [0.4, 0.5) is 0 Å². The number of rotatable bonds is 5. The Hall–Kier alpha value is -2.83. The van der Waals surface area contributed by atoms with Gasteiger partial charge in [-0.3, -0.25) is 14.6 Å². The van der Waals surface area contributed by atoms with E-state index in [0.29, 0.717) is 17.6 Å². The van der Waals surface area contributed by atoms with Crippen LogP contribution in [-0.4, -0.2) is 57.5 Å². The number of fused-ring (bicyclic) bond motifs is 1. The Morgan fingerprint density at radius 2 is 1.59 bits per heavy atom. The lowest BCUT2D eigenvalue weighted by atomic mass is 10.2. The van der Waals surface area contributed by atoms with Gasteiger partial charge in [0, 0.05) is 32.7 Å². The number of hydrogen-bond donors (Lipinski definition) is 0. The van der Waals surface area contributed by atoms with Crippen molar-refractivity contribution in [2.24, 2.45) is 0 Å². The number of benzene rings is 2. The summed E-state index contributed by atoms with van der Waals surface area (Å²) in [6.07, 6.45) is 4.38. The Bertz CT molecular complexity index is 975. The average Bonchev–Trinajstić information content (AvgIpc) is 2.72. The molecule has 27 heavy (non-hydrogen) atoms. The van der Waals surface area contributed by atoms with E-state index in [1.807, 2.05) is 24.3 Å². The standard InChI is InChI=1S/C21H23N5O/c27-21-19-10-4-5-11-20(19)22-23-26(21)17-25-15-13-24(14-16-25)12-6-9-18-7-2-1-3-8-18/h1-11H,12-17H2. The third kappa shape index (κ3) is 4.30. The zero-order valence-corrected chi connectivity index (χ0v) is 15.2. The van der Waals surface area contributed by atoms with Crippen LogP contribution in [0.1, 0.15) is 5.56 Å². The molecule has 0 atom stereocenters. The fourth-order valence-corrected chi connectivity index (χ4v) is 3.32. The molecule has 2 heterocycles. The summed E-state index contributed by atoms with van der Waals surface area (Å²) in [6, 6.07) is 17.7. The molecule has 0 aliphatic carbocycles. The molecule has 6 heteroatoms. The lowest BCUT2D eigenvalue weighted by Crippen LogP contribution is -2.48. The van der Waals surface area contributed by atoms with Crippen molar-refractivity contribution in [3.63, 3.8) is 0 Å². The van der Waals surface area contributed by atoms with Gasteiger partial charge in [0.2, 0.25) is 0 Å². The van der Waals surface area contributed by atoms with E-state index in [2.05, 4.69) is 56.5 Å². The molecule has 4 rings (SSSR count). The fraction of sp³-hybridized carbons (Fsp3) is 0.286. The Morgan fingerprint density at radius 1 is 0.889 bits per heavy atom. The van der Waals surface area contributed by atoms with Gasteiger partial charge in [0.05, 0.1) is 12.1 Å². The van der Waals surface area contributed by atoms with Crippen LogP contribution in [0, 0.1) is 0 Å². The van der Waals surface area contributed by atoms with Gasteiger partial charge in [-0.15, -0.1) is 5.10 Å². The highest BCUT2D eigenvalue weighted by Gasteiger charge is 2.17. The first-order valence-electron chi connectivity index (χ1n) is 9.28. The lowest BCUT2D eigenvalue weighted by Gasteiger charge is -2.33. The Kier molecular flexibility index (Phi) is 5.37. The normalized spacial score (nSPS) is 16.3. The van der Waals surface area contributed by atoms with Crippen molar-refractivity contribution in [2.75, 3.05) is 32.7 Å². The molecule has 0 spiro atoms. The van der Waals surface area contributed by atoms with Crippen LogP contribution < -0.4 is 5.56 Å². The maximum absolute atomic E-state index is 12.6. The lowest BCUT2D eigenvalue weighted by molar-refractivity contribution is 0.108. The van der Waals surface area contributed by atoms with Crippen molar-refractivity contribution < 1.29 is 0 Å². The van der Waals surface area contributed by atoms with E-state index in [1.54, 1.807) is 6.07 Å². The summed E-state index contributed by atoms with van der Waals surface area (Å²) < 4.78 is 1.47. The quantitative estimate of drug-likeness (QED) is 0.696. The van der Waals surface area contributed by atoms with Crippen molar-refractivity contribution in [3.05, 3.63) is 76.6 Å². The van der Waals surface area contributed by atoms with Crippen molar-refractivity contribution in [1.29, 1.82) is 0 Å². The Morgan fingerprint density at radius 3 is 2.41 bits per heavy atom. The van der Waals surface area contributed by atoms with Crippen LogP contribution >= 0.6 is 0 Å². The second-order valence-electron chi connectivity index (χ2n) is 6.78. The average molecular weight is 361 g/mol. The minimum atomic E-state index is -0.0752. The van der Waals surface area contributed by atoms with E-state index < -0.39 is 0 Å². The molecule has 1 aliphatic rings. The van der Waals surface area contributed by atoms with Gasteiger partial charge < -0.3 is 0 Å². The minimum Gasteiger partial charge on any atom is -0.297 e. The molecule has 0 saturated carbocycles. The molecular formula is C21H23N5O. The molecule has 0 bridgehead atoms. The van der Waals surface area contributed by atoms with E-state index in [4.69, 9.17) is 0 Å². The van der Waals surface area contributed by atoms with Crippen molar-refractivity contribution in [2.45, 2.75) is 6.67 Å². The van der Waals surface area contributed by atoms with Crippen LogP contribution in [0.15, 0.2) is 65.5 Å². The van der Waals surface area contributed by atoms with Gasteiger partial charge in [-0.1, -0.05) is 59.8 Å². The Labute approximate surface area is 158 Å². The molecule has 1 aromatic heterocycles. The van der Waals surface area contributed by atoms with E-state index >= 15 is 0 Å². The summed E-state index contributed by atoms with van der Waals surface area (Å²) in [6.45, 7) is 5.23. The molecule has 0 N–H and O–H groups in total. The fourth-order valence-electron chi connectivity index (χ4n) is 3.32. The highest BCUT2D eigenvalue weighted by molar-refractivity contribution is 5.76. The summed E-state index contributed by atoms with van der Waals surface area (Å²) in [5, 5.41) is 8.87. The largest absolute Gasteiger partial charge is 0.297 e. The maximum atomic E-state index is 12.6. The maximum Gasteiger partial charge on any atom is 0.278 e. The van der Waals surface area contributed by atoms with Gasteiger partial charge in [-0.25, -0.2) is 0 Å². The van der Waals surface area contributed by atoms with Gasteiger partial charge >= 0.3 is 0 Å². The third-order valence-corrected chi connectivity index (χ3v) is 4.90. The van der Waals surface area contributed by atoms with Gasteiger partial charge in [-0.2, -0.15) is 4.68 Å². The van der Waals surface area contributed by atoms with Crippen LogP contribution in [0.25, 0.3) is 17.0 Å². The van der Waals surface area contributed by atoms with Crippen LogP contribution in [0.5, 0.6) is 0 Å². The van der Waals surface area contributed by atoms with Gasteiger partial charge in [0.1, 0.15) is 5.52 Å². The zero-order chi connectivity index (χ0) is 18.5. The molecule has 1 aliphatic heterocycles. The number of hydrogen-bond acceptors (Lipinski definition) is 5. The SMILES string of the molecule is O=c1c2ccccc2nnn1CN1CCN(CC=Cc2ccccc2)CC1. The van der Waals surface area contributed by atoms with Gasteiger partial charge in [0.15, 0.2) is 0 Å². The summed E-state index contributed by atoms with van der Waals surface area (Å²) in [5.41, 5.74) is 1.80. The number of nitrogens with zero attached hydrogens (tertiary/aromatic N) is 5. The predicted molar refractivity (Wildman–Crippen MR) is 107 cm³/mol. The predicted octanol–water partition coefficient (Wildman–Crippen LogP) is 2.08. The van der Waals surface area contributed by atoms with Crippen LogP contribution in [0.2, 0.25) is 0 Å². The zero-order valence-electron chi connectivity index (χ0n) is 15.2. The highest BCUT2D eigenvalue weighted by atomic mass is 16.1. The summed E-state index contributed by atoms with van der Waals surface area (Å²) >= 11 is 0. The molecule has 0 amide bonds. The minimum absolute atomic E-state index is 0.0752. The molecule has 6 nitrogen and oxygen atoms in total. The summed E-state index contributed by atoms with van der Waals surface area (Å²) in [4.78, 5) is 17.2. The molecule has 3 aromatic rings. The molecule has 2 aromatic carbocycles. The number of aromatic nitrogens is 3. The second-order valence-corrected chi connectivity index (χ2v) is 6.78. The summed E-state index contributed by atoms with van der Waals surface area (Å²) in [5.74, 6) is 0. The highest BCUT2D eigenvalue weighted by Crippen LogP contribution is 2.06. The van der Waals surface area contributed by atoms with Crippen molar-refractivity contribution in [1.82, 2.24) is 24.8 Å². The van der Waals surface area contributed by atoms with Crippen LogP contribution in [-0.2, 0) is 6.67 Å². The van der Waals surface area contributed by atoms with Gasteiger partial charge in [-0.05, 0) is 17.7 Å². The van der Waals surface area contributed by atoms with Gasteiger partial charge in [0.25, 0.3) is 5.56 Å². The molecule has 1 fully saturated rings. The molecule has 0 radical (unpaired) electrons. The molecule has 0 unspecified atom stereocenters. The first-order valence-corrected chi connectivity index (χ1v) is 9.28. The van der Waals surface area contributed by atoms with Crippen LogP contribution in [0.3, 0.4) is 0 Å². The van der Waals surface area contributed by atoms with E-state index in [-0.39, 0.29) is 5.56 Å². The monoisotopic (exact) mass is 361 g/mol. The first kappa shape index (κ1) is 17.6. The van der Waals surface area contributed by atoms with E-state index in [1.165, 1.54) is 10.2 Å². The first-order chi connectivity index (χ1) is 13.3. The third-order valence-electron chi connectivity index (χ3n) is 4.90. The molecule has 1 saturated heterocycles. The van der Waals surface area contributed by atoms with E-state index in [0.717, 1.165) is 32.7 Å². The van der Waals surface area contributed by atoms with Crippen molar-refractivity contribution >= 4 is 17.0 Å². The molecular weight excluding hydrogens is 338 g/mol. The number of piperazine rings is 1. The summed E-state index contributed by atoms with van der Waals surface area (Å²) in [7, 11) is 0. The molecule has 138 valence electrons. The second kappa shape index (κ2) is 8.24. The van der Waals surface area contributed by atoms with Crippen molar-refractivity contribution in [3.8, 4) is 0 Å². The smallest absolute Gasteiger partial charge is 0.278 e. The topological polar surface area (TPSA) is 54.3 Å².